The molecular formula is C16H20N2O3S. The standard InChI is InChI=1S/C16H20N2O3S/c1-11-8-12(2)18(9-15(20)21)16(17-11)22-10-14(19)13-6-4-3-5-7-13/h3-7,11-12H,8-10H2,1-2H3,(H,20,21). The molecule has 0 saturated heterocycles. The fourth-order valence-corrected chi connectivity index (χ4v) is 3.54. The van der Waals surface area contributed by atoms with Crippen molar-refractivity contribution in [1.29, 1.82) is 0 Å². The molecule has 1 heterocycles. The lowest BCUT2D eigenvalue weighted by atomic mass is 10.1. The first-order valence-electron chi connectivity index (χ1n) is 7.24. The van der Waals surface area contributed by atoms with Crippen molar-refractivity contribution in [1.82, 2.24) is 4.90 Å². The zero-order valence-electron chi connectivity index (χ0n) is 12.7. The van der Waals surface area contributed by atoms with E-state index in [0.29, 0.717) is 10.7 Å². The Hall–Kier alpha value is -1.82. The van der Waals surface area contributed by atoms with E-state index in [1.54, 1.807) is 17.0 Å². The predicted octanol–water partition coefficient (Wildman–Crippen LogP) is 2.53. The molecule has 5 nitrogen and oxygen atoms in total. The van der Waals surface area contributed by atoms with Gasteiger partial charge in [-0.05, 0) is 20.3 Å². The molecule has 1 aliphatic heterocycles. The second-order valence-corrected chi connectivity index (χ2v) is 6.39. The number of hydrogen-bond acceptors (Lipinski definition) is 5. The number of benzene rings is 1. The van der Waals surface area contributed by atoms with Gasteiger partial charge >= 0.3 is 5.97 Å². The number of carboxylic acid groups (broad SMARTS) is 1. The summed E-state index contributed by atoms with van der Waals surface area (Å²) in [5.74, 6) is -0.600. The number of amidine groups is 1. The highest BCUT2D eigenvalue weighted by Crippen LogP contribution is 2.23. The Labute approximate surface area is 134 Å². The largest absolute Gasteiger partial charge is 0.480 e. The van der Waals surface area contributed by atoms with Crippen LogP contribution in [0, 0.1) is 0 Å². The number of aliphatic imine (C=N–C) groups is 1. The molecule has 0 spiro atoms. The Balaban J connectivity index is 2.05. The fraction of sp³-hybridized carbons (Fsp3) is 0.438. The van der Waals surface area contributed by atoms with Crippen molar-refractivity contribution in [2.75, 3.05) is 12.3 Å². The van der Waals surface area contributed by atoms with E-state index in [1.807, 2.05) is 32.0 Å². The van der Waals surface area contributed by atoms with Crippen molar-refractivity contribution < 1.29 is 14.7 Å². The van der Waals surface area contributed by atoms with E-state index in [0.717, 1.165) is 6.42 Å². The number of carbonyl (C=O) groups excluding carboxylic acids is 1. The maximum atomic E-state index is 12.2. The second kappa shape index (κ2) is 7.45. The number of rotatable bonds is 5. The van der Waals surface area contributed by atoms with E-state index in [1.165, 1.54) is 11.8 Å². The van der Waals surface area contributed by atoms with Crippen molar-refractivity contribution in [2.24, 2.45) is 4.99 Å². The van der Waals surface area contributed by atoms with Crippen molar-refractivity contribution in [3.8, 4) is 0 Å². The Kier molecular flexibility index (Phi) is 5.60. The van der Waals surface area contributed by atoms with E-state index in [-0.39, 0.29) is 30.2 Å². The topological polar surface area (TPSA) is 70.0 Å². The van der Waals surface area contributed by atoms with Crippen LogP contribution in [0.15, 0.2) is 35.3 Å². The third-order valence-electron chi connectivity index (χ3n) is 3.52. The molecule has 1 aromatic rings. The highest BCUT2D eigenvalue weighted by Gasteiger charge is 2.28. The first kappa shape index (κ1) is 16.5. The maximum absolute atomic E-state index is 12.2. The third-order valence-corrected chi connectivity index (χ3v) is 4.53. The molecule has 0 radical (unpaired) electrons. The van der Waals surface area contributed by atoms with Gasteiger partial charge in [-0.25, -0.2) is 0 Å². The average Bonchev–Trinajstić information content (AvgIpc) is 2.48. The molecule has 0 saturated carbocycles. The van der Waals surface area contributed by atoms with E-state index in [9.17, 15) is 9.59 Å². The zero-order chi connectivity index (χ0) is 16.1. The number of carboxylic acids is 1. The lowest BCUT2D eigenvalue weighted by molar-refractivity contribution is -0.137. The van der Waals surface area contributed by atoms with Crippen LogP contribution in [0.5, 0.6) is 0 Å². The van der Waals surface area contributed by atoms with E-state index in [2.05, 4.69) is 4.99 Å². The van der Waals surface area contributed by atoms with Gasteiger partial charge in [-0.15, -0.1) is 0 Å². The minimum atomic E-state index is -0.885. The normalized spacial score (nSPS) is 21.4. The molecular weight excluding hydrogens is 300 g/mol. The van der Waals surface area contributed by atoms with Gasteiger partial charge in [-0.1, -0.05) is 42.1 Å². The molecule has 1 N–H and O–H groups in total. The lowest BCUT2D eigenvalue weighted by Gasteiger charge is -2.35. The van der Waals surface area contributed by atoms with Gasteiger partial charge in [0.25, 0.3) is 0 Å². The molecule has 1 aromatic carbocycles. The number of nitrogens with zero attached hydrogens (tertiary/aromatic N) is 2. The summed E-state index contributed by atoms with van der Waals surface area (Å²) in [6.07, 6.45) is 0.823. The smallest absolute Gasteiger partial charge is 0.323 e. The molecule has 2 atom stereocenters. The van der Waals surface area contributed by atoms with Crippen LogP contribution in [0.1, 0.15) is 30.6 Å². The molecule has 0 amide bonds. The van der Waals surface area contributed by atoms with Crippen LogP contribution in [0.2, 0.25) is 0 Å². The highest BCUT2D eigenvalue weighted by molar-refractivity contribution is 8.14. The van der Waals surface area contributed by atoms with Gasteiger partial charge in [-0.2, -0.15) is 0 Å². The highest BCUT2D eigenvalue weighted by atomic mass is 32.2. The summed E-state index contributed by atoms with van der Waals surface area (Å²) in [4.78, 5) is 29.5. The molecule has 0 fully saturated rings. The van der Waals surface area contributed by atoms with Gasteiger partial charge in [0.2, 0.25) is 0 Å². The van der Waals surface area contributed by atoms with Crippen LogP contribution in [0.4, 0.5) is 0 Å². The molecule has 2 rings (SSSR count). The van der Waals surface area contributed by atoms with E-state index < -0.39 is 5.97 Å². The number of hydrogen-bond donors (Lipinski definition) is 1. The SMILES string of the molecule is CC1CC(C)N(CC(=O)O)C(SCC(=O)c2ccccc2)=N1. The van der Waals surface area contributed by atoms with Gasteiger partial charge in [0, 0.05) is 11.6 Å². The van der Waals surface area contributed by atoms with Gasteiger partial charge in [0.05, 0.1) is 11.8 Å². The molecule has 0 aliphatic carbocycles. The summed E-state index contributed by atoms with van der Waals surface area (Å²) in [7, 11) is 0. The molecule has 6 heteroatoms. The van der Waals surface area contributed by atoms with Crippen LogP contribution in [-0.4, -0.2) is 51.3 Å². The van der Waals surface area contributed by atoms with Crippen molar-refractivity contribution in [3.05, 3.63) is 35.9 Å². The number of thioether (sulfide) groups is 1. The molecule has 118 valence electrons. The van der Waals surface area contributed by atoms with Crippen LogP contribution in [-0.2, 0) is 4.79 Å². The molecule has 22 heavy (non-hydrogen) atoms. The maximum Gasteiger partial charge on any atom is 0.323 e. The summed E-state index contributed by atoms with van der Waals surface area (Å²) in [6.45, 7) is 3.92. The second-order valence-electron chi connectivity index (χ2n) is 5.44. The Bertz CT molecular complexity index is 574. The summed E-state index contributed by atoms with van der Waals surface area (Å²) in [6, 6.07) is 9.35. The quantitative estimate of drug-likeness (QED) is 0.844. The minimum absolute atomic E-state index is 0.0226. The Morgan fingerprint density at radius 1 is 1.32 bits per heavy atom. The van der Waals surface area contributed by atoms with Crippen molar-refractivity contribution >= 4 is 28.7 Å². The zero-order valence-corrected chi connectivity index (χ0v) is 13.5. The summed E-state index contributed by atoms with van der Waals surface area (Å²) in [5.41, 5.74) is 0.664. The summed E-state index contributed by atoms with van der Waals surface area (Å²) in [5, 5.41) is 9.70. The van der Waals surface area contributed by atoms with Gasteiger partial charge in [0.15, 0.2) is 11.0 Å². The van der Waals surface area contributed by atoms with Crippen LogP contribution in [0.3, 0.4) is 0 Å². The monoisotopic (exact) mass is 320 g/mol. The predicted molar refractivity (Wildman–Crippen MR) is 88.5 cm³/mol. The lowest BCUT2D eigenvalue weighted by Crippen LogP contribution is -2.45. The van der Waals surface area contributed by atoms with Crippen molar-refractivity contribution in [2.45, 2.75) is 32.4 Å². The number of Topliss-reactive ketones (excluding diaryl/α,β-unsaturated/α-hetero) is 1. The number of carbonyl (C=O) groups is 2. The number of aliphatic carboxylic acids is 1. The molecule has 0 bridgehead atoms. The van der Waals surface area contributed by atoms with Crippen LogP contribution < -0.4 is 0 Å². The Morgan fingerprint density at radius 3 is 2.64 bits per heavy atom. The minimum Gasteiger partial charge on any atom is -0.480 e. The van der Waals surface area contributed by atoms with Gasteiger partial charge in [0.1, 0.15) is 6.54 Å². The van der Waals surface area contributed by atoms with Crippen molar-refractivity contribution in [3.63, 3.8) is 0 Å². The van der Waals surface area contributed by atoms with Crippen LogP contribution in [0.25, 0.3) is 0 Å². The number of ketones is 1. The average molecular weight is 320 g/mol. The molecule has 1 aliphatic rings. The third kappa shape index (κ3) is 4.34. The summed E-state index contributed by atoms with van der Waals surface area (Å²) < 4.78 is 0. The first-order valence-corrected chi connectivity index (χ1v) is 8.23. The molecule has 0 aromatic heterocycles. The van der Waals surface area contributed by atoms with Crippen LogP contribution >= 0.6 is 11.8 Å². The summed E-state index contributed by atoms with van der Waals surface area (Å²) >= 11 is 1.32. The van der Waals surface area contributed by atoms with Gasteiger partial charge < -0.3 is 10.0 Å². The molecule has 2 unspecified atom stereocenters. The first-order chi connectivity index (χ1) is 10.5. The van der Waals surface area contributed by atoms with E-state index in [4.69, 9.17) is 5.11 Å². The van der Waals surface area contributed by atoms with E-state index >= 15 is 0 Å². The Morgan fingerprint density at radius 2 is 2.00 bits per heavy atom. The van der Waals surface area contributed by atoms with Gasteiger partial charge in [-0.3, -0.25) is 14.6 Å². The fourth-order valence-electron chi connectivity index (χ4n) is 2.45.